The maximum atomic E-state index is 3.62. The summed E-state index contributed by atoms with van der Waals surface area (Å²) < 4.78 is 2.31. The average Bonchev–Trinajstić information content (AvgIpc) is 2.75. The van der Waals surface area contributed by atoms with Gasteiger partial charge in [0.25, 0.3) is 0 Å². The maximum absolute atomic E-state index is 3.62. The summed E-state index contributed by atoms with van der Waals surface area (Å²) in [6.07, 6.45) is 1.04. The molecule has 0 aromatic heterocycles. The number of benzene rings is 2. The lowest BCUT2D eigenvalue weighted by Crippen LogP contribution is -2.06. The third-order valence-electron chi connectivity index (χ3n) is 3.12. The van der Waals surface area contributed by atoms with Gasteiger partial charge in [-0.05, 0) is 45.6 Å². The van der Waals surface area contributed by atoms with E-state index >= 15 is 0 Å². The number of anilines is 1. The van der Waals surface area contributed by atoms with E-state index in [0.717, 1.165) is 10.9 Å². The molecule has 0 aliphatic carbocycles. The van der Waals surface area contributed by atoms with Crippen LogP contribution in [0, 0.1) is 0 Å². The van der Waals surface area contributed by atoms with Gasteiger partial charge in [-0.3, -0.25) is 0 Å². The van der Waals surface area contributed by atoms with Crippen LogP contribution >= 0.6 is 31.9 Å². The number of rotatable bonds is 1. The van der Waals surface area contributed by atoms with Crippen LogP contribution in [0.4, 0.5) is 5.69 Å². The number of para-hydroxylation sites is 1. The van der Waals surface area contributed by atoms with Gasteiger partial charge in [0.1, 0.15) is 0 Å². The molecule has 1 aliphatic heterocycles. The number of hydrogen-bond donors (Lipinski definition) is 1. The molecule has 0 fully saturated rings. The normalized spacial score (nSPS) is 17.6. The van der Waals surface area contributed by atoms with Crippen molar-refractivity contribution in [1.29, 1.82) is 0 Å². The Morgan fingerprint density at radius 2 is 1.71 bits per heavy atom. The summed E-state index contributed by atoms with van der Waals surface area (Å²) in [5.41, 5.74) is 3.92. The second-order valence-corrected chi connectivity index (χ2v) is 5.91. The third-order valence-corrected chi connectivity index (χ3v) is 4.51. The van der Waals surface area contributed by atoms with Gasteiger partial charge in [0.15, 0.2) is 0 Å². The zero-order valence-corrected chi connectivity index (χ0v) is 12.3. The highest BCUT2D eigenvalue weighted by Gasteiger charge is 2.24. The highest BCUT2D eigenvalue weighted by Crippen LogP contribution is 2.40. The molecule has 1 N–H and O–H groups in total. The van der Waals surface area contributed by atoms with Gasteiger partial charge in [-0.25, -0.2) is 0 Å². The molecule has 1 heterocycles. The molecule has 17 heavy (non-hydrogen) atoms. The first-order chi connectivity index (χ1) is 8.25. The molecular formula is C14H11Br2N. The molecule has 0 amide bonds. The molecule has 0 bridgehead atoms. The van der Waals surface area contributed by atoms with Crippen LogP contribution in [0.25, 0.3) is 0 Å². The Bertz CT molecular complexity index is 566. The first-order valence-electron chi connectivity index (χ1n) is 5.54. The van der Waals surface area contributed by atoms with Gasteiger partial charge < -0.3 is 5.32 Å². The van der Waals surface area contributed by atoms with Crippen molar-refractivity contribution in [3.8, 4) is 0 Å². The molecule has 0 saturated carbocycles. The summed E-state index contributed by atoms with van der Waals surface area (Å²) >= 11 is 7.21. The maximum Gasteiger partial charge on any atom is 0.0566 e. The van der Waals surface area contributed by atoms with Crippen LogP contribution < -0.4 is 5.32 Å². The van der Waals surface area contributed by atoms with E-state index in [1.54, 1.807) is 0 Å². The Morgan fingerprint density at radius 3 is 2.47 bits per heavy atom. The molecule has 0 radical (unpaired) electrons. The van der Waals surface area contributed by atoms with E-state index in [1.807, 2.05) is 6.07 Å². The summed E-state index contributed by atoms with van der Waals surface area (Å²) in [5, 5.41) is 3.58. The van der Waals surface area contributed by atoms with Crippen LogP contribution in [0.5, 0.6) is 0 Å². The molecule has 3 rings (SSSR count). The molecule has 1 atom stereocenters. The molecule has 86 valence electrons. The van der Waals surface area contributed by atoms with E-state index in [0.29, 0.717) is 6.04 Å². The van der Waals surface area contributed by atoms with Crippen molar-refractivity contribution in [2.75, 3.05) is 5.32 Å². The van der Waals surface area contributed by atoms with Crippen LogP contribution in [-0.4, -0.2) is 0 Å². The van der Waals surface area contributed by atoms with E-state index < -0.39 is 0 Å². The van der Waals surface area contributed by atoms with Crippen molar-refractivity contribution in [2.24, 2.45) is 0 Å². The molecule has 0 saturated heterocycles. The lowest BCUT2D eigenvalue weighted by atomic mass is 10.0. The second kappa shape index (κ2) is 4.46. The standard InChI is InChI=1S/C14H11Br2N/c15-11-6-2-1-5-10(11)13-8-9-4-3-7-12(16)14(9)17-13/h1-7,13,17H,8H2. The lowest BCUT2D eigenvalue weighted by molar-refractivity contribution is 0.819. The van der Waals surface area contributed by atoms with E-state index in [1.165, 1.54) is 21.3 Å². The SMILES string of the molecule is Brc1ccccc1C1Cc2cccc(Br)c2N1. The number of fused-ring (bicyclic) bond motifs is 1. The molecule has 2 aromatic carbocycles. The Hall–Kier alpha value is -0.800. The summed E-state index contributed by atoms with van der Waals surface area (Å²) in [6.45, 7) is 0. The van der Waals surface area contributed by atoms with Crippen molar-refractivity contribution >= 4 is 37.5 Å². The fourth-order valence-electron chi connectivity index (χ4n) is 2.29. The van der Waals surface area contributed by atoms with Crippen LogP contribution in [0.15, 0.2) is 51.4 Å². The van der Waals surface area contributed by atoms with Gasteiger partial charge in [-0.1, -0.05) is 46.3 Å². The fourth-order valence-corrected chi connectivity index (χ4v) is 3.37. The van der Waals surface area contributed by atoms with Crippen molar-refractivity contribution in [2.45, 2.75) is 12.5 Å². The summed E-state index contributed by atoms with van der Waals surface area (Å²) in [4.78, 5) is 0. The van der Waals surface area contributed by atoms with Gasteiger partial charge in [-0.15, -0.1) is 0 Å². The molecule has 2 aromatic rings. The van der Waals surface area contributed by atoms with E-state index in [-0.39, 0.29) is 0 Å². The minimum atomic E-state index is 0.360. The molecule has 1 aliphatic rings. The first kappa shape index (κ1) is 11.3. The van der Waals surface area contributed by atoms with E-state index in [2.05, 4.69) is 73.6 Å². The Labute approximate surface area is 117 Å². The third kappa shape index (κ3) is 2.02. The summed E-state index contributed by atoms with van der Waals surface area (Å²) in [7, 11) is 0. The minimum absolute atomic E-state index is 0.360. The van der Waals surface area contributed by atoms with Gasteiger partial charge in [-0.2, -0.15) is 0 Å². The predicted octanol–water partition coefficient (Wildman–Crippen LogP) is 4.92. The molecule has 0 spiro atoms. The highest BCUT2D eigenvalue weighted by molar-refractivity contribution is 9.11. The van der Waals surface area contributed by atoms with Crippen LogP contribution in [0.1, 0.15) is 17.2 Å². The zero-order chi connectivity index (χ0) is 11.8. The van der Waals surface area contributed by atoms with E-state index in [4.69, 9.17) is 0 Å². The predicted molar refractivity (Wildman–Crippen MR) is 78.4 cm³/mol. The van der Waals surface area contributed by atoms with Crippen molar-refractivity contribution < 1.29 is 0 Å². The molecule has 3 heteroatoms. The summed E-state index contributed by atoms with van der Waals surface area (Å²) in [5.74, 6) is 0. The number of nitrogens with one attached hydrogen (secondary N) is 1. The number of halogens is 2. The van der Waals surface area contributed by atoms with E-state index in [9.17, 15) is 0 Å². The topological polar surface area (TPSA) is 12.0 Å². The Balaban J connectivity index is 1.97. The van der Waals surface area contributed by atoms with Crippen molar-refractivity contribution in [3.63, 3.8) is 0 Å². The monoisotopic (exact) mass is 351 g/mol. The van der Waals surface area contributed by atoms with Gasteiger partial charge in [0.2, 0.25) is 0 Å². The van der Waals surface area contributed by atoms with Gasteiger partial charge in [0.05, 0.1) is 11.7 Å². The second-order valence-electron chi connectivity index (χ2n) is 4.20. The van der Waals surface area contributed by atoms with Crippen molar-refractivity contribution in [1.82, 2.24) is 0 Å². The van der Waals surface area contributed by atoms with Crippen LogP contribution in [-0.2, 0) is 6.42 Å². The minimum Gasteiger partial charge on any atom is -0.377 e. The van der Waals surface area contributed by atoms with Gasteiger partial charge in [0, 0.05) is 8.95 Å². The van der Waals surface area contributed by atoms with Crippen LogP contribution in [0.3, 0.4) is 0 Å². The van der Waals surface area contributed by atoms with Crippen molar-refractivity contribution in [3.05, 3.63) is 62.5 Å². The summed E-state index contributed by atoms with van der Waals surface area (Å²) in [6, 6.07) is 15.1. The zero-order valence-electron chi connectivity index (χ0n) is 9.08. The molecule has 1 unspecified atom stereocenters. The Morgan fingerprint density at radius 1 is 0.941 bits per heavy atom. The average molecular weight is 353 g/mol. The molecule has 1 nitrogen and oxygen atoms in total. The van der Waals surface area contributed by atoms with Crippen LogP contribution in [0.2, 0.25) is 0 Å². The lowest BCUT2D eigenvalue weighted by Gasteiger charge is -2.13. The highest BCUT2D eigenvalue weighted by atomic mass is 79.9. The van der Waals surface area contributed by atoms with Gasteiger partial charge >= 0.3 is 0 Å². The number of hydrogen-bond acceptors (Lipinski definition) is 1. The smallest absolute Gasteiger partial charge is 0.0566 e. The quantitative estimate of drug-likeness (QED) is 0.767. The Kier molecular flexibility index (Phi) is 2.97. The largest absolute Gasteiger partial charge is 0.377 e. The first-order valence-corrected chi connectivity index (χ1v) is 7.12. The fraction of sp³-hybridized carbons (Fsp3) is 0.143. The molecular weight excluding hydrogens is 342 g/mol.